The van der Waals surface area contributed by atoms with Crippen molar-refractivity contribution in [2.45, 2.75) is 151 Å². The lowest BCUT2D eigenvalue weighted by Crippen LogP contribution is -2.71. The highest BCUT2D eigenvalue weighted by Gasteiger charge is 2.67. The van der Waals surface area contributed by atoms with Crippen molar-refractivity contribution in [2.24, 2.45) is 11.3 Å². The number of rotatable bonds is 10. The molecule has 2 N–H and O–H groups in total. The number of halogens is 1. The van der Waals surface area contributed by atoms with E-state index in [0.29, 0.717) is 76.8 Å². The van der Waals surface area contributed by atoms with Crippen molar-refractivity contribution in [3.05, 3.63) is 60.0 Å². The molecule has 3 aliphatic carbocycles. The summed E-state index contributed by atoms with van der Waals surface area (Å²) in [5.41, 5.74) is 3.10. The molecule has 384 valence electrons. The molecule has 3 aromatic heterocycles. The Morgan fingerprint density at radius 2 is 1.60 bits per heavy atom. The number of likely N-dealkylation sites (tertiary alicyclic amines) is 2. The summed E-state index contributed by atoms with van der Waals surface area (Å²) in [6.07, 6.45) is 14.6. The number of imidazole rings is 1. The number of carbonyl (C=O) groups excluding carboxylic acids is 5. The molecule has 9 fully saturated rings. The quantitative estimate of drug-likeness (QED) is 0.164. The Labute approximate surface area is 425 Å². The first kappa shape index (κ1) is 46.8. The number of benzene rings is 1. The van der Waals surface area contributed by atoms with Crippen molar-refractivity contribution < 1.29 is 28.4 Å². The Hall–Kier alpha value is -5.97. The summed E-state index contributed by atoms with van der Waals surface area (Å²) >= 11 is 0. The van der Waals surface area contributed by atoms with Crippen LogP contribution in [0.3, 0.4) is 0 Å². The van der Waals surface area contributed by atoms with Gasteiger partial charge in [0.05, 0.1) is 40.8 Å². The number of aromatic nitrogens is 4. The highest BCUT2D eigenvalue weighted by atomic mass is 19.1. The summed E-state index contributed by atoms with van der Waals surface area (Å²) in [5.74, 6) is 0.335. The molecule has 0 radical (unpaired) electrons. The van der Waals surface area contributed by atoms with E-state index in [4.69, 9.17) is 9.97 Å². The smallest absolute Gasteiger partial charge is 0.238 e. The maximum atomic E-state index is 16.4. The molecule has 1 spiro atoms. The Morgan fingerprint density at radius 1 is 0.836 bits per heavy atom. The first-order valence-electron chi connectivity index (χ1n) is 27.5. The van der Waals surface area contributed by atoms with Gasteiger partial charge in [-0.3, -0.25) is 29.3 Å². The Bertz CT molecular complexity index is 2880. The second-order valence-corrected chi connectivity index (χ2v) is 23.7. The van der Waals surface area contributed by atoms with Crippen LogP contribution in [0.15, 0.2) is 48.9 Å². The van der Waals surface area contributed by atoms with Crippen LogP contribution in [0.1, 0.15) is 133 Å². The highest BCUT2D eigenvalue weighted by molar-refractivity contribution is 6.10. The van der Waals surface area contributed by atoms with Crippen molar-refractivity contribution in [3.8, 4) is 11.3 Å². The first-order valence-corrected chi connectivity index (χ1v) is 27.5. The predicted octanol–water partition coefficient (Wildman–Crippen LogP) is 6.64. The maximum Gasteiger partial charge on any atom is 0.238 e. The molecule has 10 heterocycles. The molecule has 73 heavy (non-hydrogen) atoms. The molecule has 6 saturated heterocycles. The Balaban J connectivity index is 0.703. The second-order valence-electron chi connectivity index (χ2n) is 23.7. The molecule has 1 aromatic carbocycles. The zero-order valence-corrected chi connectivity index (χ0v) is 42.3. The van der Waals surface area contributed by atoms with Crippen LogP contribution in [0, 0.1) is 11.3 Å². The van der Waals surface area contributed by atoms with Gasteiger partial charge < -0.3 is 34.4 Å². The van der Waals surface area contributed by atoms with Gasteiger partial charge in [0, 0.05) is 86.7 Å². The van der Waals surface area contributed by atoms with Crippen LogP contribution in [-0.4, -0.2) is 140 Å². The van der Waals surface area contributed by atoms with E-state index in [-0.39, 0.29) is 73.5 Å². The van der Waals surface area contributed by atoms with Gasteiger partial charge in [0.2, 0.25) is 29.5 Å². The number of anilines is 3. The fourth-order valence-corrected chi connectivity index (χ4v) is 14.4. The van der Waals surface area contributed by atoms with Gasteiger partial charge in [-0.05, 0) is 140 Å². The number of nitrogens with zero attached hydrogens (tertiary/aromatic N) is 9. The maximum absolute atomic E-state index is 16.4. The number of hydrogen-bond acceptors (Lipinski definition) is 11. The van der Waals surface area contributed by atoms with Gasteiger partial charge in [0.1, 0.15) is 17.0 Å². The molecule has 3 saturated carbocycles. The van der Waals surface area contributed by atoms with Gasteiger partial charge in [-0.15, -0.1) is 0 Å². The predicted molar refractivity (Wildman–Crippen MR) is 274 cm³/mol. The number of amides is 5. The fraction of sp³-hybridized carbons (Fsp3) is 0.607. The van der Waals surface area contributed by atoms with Crippen LogP contribution in [0.4, 0.5) is 21.7 Å². The van der Waals surface area contributed by atoms with E-state index in [1.165, 1.54) is 19.3 Å². The minimum absolute atomic E-state index is 0.0133. The third-order valence-electron chi connectivity index (χ3n) is 18.6. The number of piperidine rings is 6. The van der Waals surface area contributed by atoms with E-state index < -0.39 is 22.4 Å². The molecular formula is C56H68FN11O5. The number of fused-ring (bicyclic) bond motifs is 5. The molecule has 2 bridgehead atoms. The molecule has 1 atom stereocenters. The number of pyridine rings is 2. The van der Waals surface area contributed by atoms with E-state index in [2.05, 4.69) is 73.0 Å². The Morgan fingerprint density at radius 3 is 2.30 bits per heavy atom. The van der Waals surface area contributed by atoms with E-state index in [1.807, 2.05) is 23.4 Å². The van der Waals surface area contributed by atoms with E-state index >= 15 is 9.18 Å². The molecule has 0 unspecified atom stereocenters. The molecule has 17 heteroatoms. The third-order valence-corrected chi connectivity index (χ3v) is 18.6. The van der Waals surface area contributed by atoms with E-state index in [9.17, 15) is 19.2 Å². The minimum atomic E-state index is -1.59. The minimum Gasteiger partial charge on any atom is -0.366 e. The SMILES string of the molecule is CC(C)n1cnc2cc(-c3ccc4c(c3)N(C3CC(N5CCCCC5)C3)C(=O)C43CCN(C(=O)C45CN(C(=O)C6CCN(c7ccc([C@H]8CCC(=O)NC8=O)cn7)CC6)CC(F)(C4)C5)CC3)nc(NC3CC3)c21. The van der Waals surface area contributed by atoms with Gasteiger partial charge in [-0.25, -0.2) is 19.3 Å². The average Bonchev–Trinajstić information content (AvgIpc) is 4.04. The van der Waals surface area contributed by atoms with Gasteiger partial charge in [0.25, 0.3) is 0 Å². The van der Waals surface area contributed by atoms with Crippen LogP contribution in [0.5, 0.6) is 0 Å². The van der Waals surface area contributed by atoms with Gasteiger partial charge in [-0.2, -0.15) is 0 Å². The van der Waals surface area contributed by atoms with Gasteiger partial charge in [-0.1, -0.05) is 24.6 Å². The lowest BCUT2D eigenvalue weighted by molar-refractivity contribution is -0.190. The Kier molecular flexibility index (Phi) is 11.3. The summed E-state index contributed by atoms with van der Waals surface area (Å²) in [5, 5.41) is 6.10. The summed E-state index contributed by atoms with van der Waals surface area (Å²) in [6.45, 7) is 8.79. The summed E-state index contributed by atoms with van der Waals surface area (Å²) in [4.78, 5) is 93.5. The molecule has 14 rings (SSSR count). The molecule has 4 aromatic rings. The monoisotopic (exact) mass is 994 g/mol. The molecule has 5 amide bonds. The molecule has 10 aliphatic rings. The molecule has 7 aliphatic heterocycles. The number of nitrogens with one attached hydrogen (secondary N) is 2. The number of carbonyl (C=O) groups is 5. The van der Waals surface area contributed by atoms with Crippen molar-refractivity contribution in [1.29, 1.82) is 0 Å². The number of hydrogen-bond donors (Lipinski definition) is 2. The summed E-state index contributed by atoms with van der Waals surface area (Å²) < 4.78 is 18.6. The topological polar surface area (TPSA) is 169 Å². The van der Waals surface area contributed by atoms with Crippen LogP contribution in [0.25, 0.3) is 22.3 Å². The van der Waals surface area contributed by atoms with Crippen LogP contribution in [-0.2, 0) is 29.4 Å². The standard InChI is InChI=1S/C56H68FN11O5/c1-34(2)67-33-59-44-27-43(61-49(48(44)67)60-38-8-9-38)36-6-11-42-45(24-36)68(40-25-39(26-40)63-18-4-3-5-19-63)53(73)56(42)16-22-65(23-17-56)52(72)54-29-55(57,30-54)32-66(31-54)51(71)35-14-20-64(21-15-35)46-12-7-37(28-58-46)41-10-13-47(69)62-50(41)70/h6-7,11-12,24,27-28,33-35,38-41H,3-5,8-10,13-23,25-26,29-32H2,1-2H3,(H,60,61)(H,62,69,70)/t39?,40?,41-,54?,55?/m1/s1. The van der Waals surface area contributed by atoms with Crippen LogP contribution < -0.4 is 20.4 Å². The number of alkyl halides is 1. The fourth-order valence-electron chi connectivity index (χ4n) is 14.4. The summed E-state index contributed by atoms with van der Waals surface area (Å²) in [6, 6.07) is 13.5. The molecular weight excluding hydrogens is 926 g/mol. The first-order chi connectivity index (χ1) is 35.3. The van der Waals surface area contributed by atoms with Gasteiger partial charge in [0.15, 0.2) is 5.82 Å². The van der Waals surface area contributed by atoms with Crippen LogP contribution >= 0.6 is 0 Å². The second kappa shape index (κ2) is 17.6. The average molecular weight is 994 g/mol. The molecule has 16 nitrogen and oxygen atoms in total. The van der Waals surface area contributed by atoms with Crippen molar-refractivity contribution in [2.75, 3.05) is 67.5 Å². The zero-order valence-electron chi connectivity index (χ0n) is 42.3. The normalized spacial score (nSPS) is 29.4. The van der Waals surface area contributed by atoms with Crippen molar-refractivity contribution in [3.63, 3.8) is 0 Å². The third kappa shape index (κ3) is 7.99. The highest BCUT2D eigenvalue weighted by Crippen LogP contribution is 2.58. The number of imide groups is 1. The van der Waals surface area contributed by atoms with E-state index in [1.54, 1.807) is 11.1 Å². The van der Waals surface area contributed by atoms with E-state index in [0.717, 1.165) is 89.5 Å². The lowest BCUT2D eigenvalue weighted by Gasteiger charge is -2.60. The lowest BCUT2D eigenvalue weighted by atomic mass is 9.55. The van der Waals surface area contributed by atoms with Crippen LogP contribution in [0.2, 0.25) is 0 Å². The zero-order chi connectivity index (χ0) is 50.0. The largest absolute Gasteiger partial charge is 0.366 e. The van der Waals surface area contributed by atoms with Crippen molar-refractivity contribution in [1.82, 2.24) is 39.5 Å². The summed E-state index contributed by atoms with van der Waals surface area (Å²) in [7, 11) is 0. The van der Waals surface area contributed by atoms with Crippen molar-refractivity contribution >= 4 is 57.9 Å². The van der Waals surface area contributed by atoms with Gasteiger partial charge >= 0.3 is 0 Å².